The predicted octanol–water partition coefficient (Wildman–Crippen LogP) is 21.5. The highest BCUT2D eigenvalue weighted by Crippen LogP contribution is 2.18. The van der Waals surface area contributed by atoms with Crippen LogP contribution in [0.3, 0.4) is 0 Å². The fourth-order valence-electron chi connectivity index (χ4n) is 10.3. The second-order valence-corrected chi connectivity index (χ2v) is 25.5. The number of likely N-dealkylation sites (N-methyl/N-ethyl adjacent to an activating group) is 1. The van der Waals surface area contributed by atoms with Crippen molar-refractivity contribution in [2.75, 3.05) is 47.5 Å². The van der Waals surface area contributed by atoms with Gasteiger partial charge in [0.25, 0.3) is 0 Å². The fourth-order valence-corrected chi connectivity index (χ4v) is 10.3. The van der Waals surface area contributed by atoms with E-state index < -0.39 is 24.3 Å². The molecule has 0 N–H and O–H groups in total. The van der Waals surface area contributed by atoms with Crippen molar-refractivity contribution in [3.05, 3.63) is 97.2 Å². The van der Waals surface area contributed by atoms with E-state index in [0.29, 0.717) is 23.9 Å². The molecule has 0 aromatic carbocycles. The smallest absolute Gasteiger partial charge is 0.306 e. The number of carbonyl (C=O) groups is 3. The quantitative estimate of drug-likeness (QED) is 0.0195. The number of carbonyl (C=O) groups excluding carboxylic acids is 3. The summed E-state index contributed by atoms with van der Waals surface area (Å²) in [4.78, 5) is 37.5. The molecule has 9 heteroatoms. The maximum absolute atomic E-state index is 12.9. The Balaban J connectivity index is 4.08. The van der Waals surface area contributed by atoms with Crippen LogP contribution < -0.4 is 5.11 Å². The monoisotopic (exact) mass is 1220 g/mol. The molecule has 0 rings (SSSR count). The number of allylic oxidation sites excluding steroid dienone is 16. The number of quaternary nitrogens is 1. The Morgan fingerprint density at radius 2 is 0.655 bits per heavy atom. The van der Waals surface area contributed by atoms with Crippen molar-refractivity contribution < 1.29 is 42.9 Å². The second-order valence-electron chi connectivity index (χ2n) is 25.5. The maximum atomic E-state index is 12.9. The number of hydrogen-bond donors (Lipinski definition) is 0. The third-order valence-electron chi connectivity index (χ3n) is 15.8. The molecule has 0 bridgehead atoms. The van der Waals surface area contributed by atoms with Gasteiger partial charge in [0.05, 0.1) is 40.3 Å². The predicted molar refractivity (Wildman–Crippen MR) is 371 cm³/mol. The molecular formula is C78H137NO8. The zero-order valence-corrected chi connectivity index (χ0v) is 57.4. The summed E-state index contributed by atoms with van der Waals surface area (Å²) >= 11 is 0. The van der Waals surface area contributed by atoms with Gasteiger partial charge in [-0.25, -0.2) is 0 Å². The molecule has 0 aromatic rings. The van der Waals surface area contributed by atoms with Gasteiger partial charge in [-0.2, -0.15) is 0 Å². The second kappa shape index (κ2) is 68.1. The Bertz CT molecular complexity index is 1750. The van der Waals surface area contributed by atoms with Crippen molar-refractivity contribution in [3.8, 4) is 0 Å². The van der Waals surface area contributed by atoms with Crippen LogP contribution >= 0.6 is 0 Å². The van der Waals surface area contributed by atoms with Crippen LogP contribution in [-0.4, -0.2) is 82.3 Å². The molecule has 0 aliphatic heterocycles. The summed E-state index contributed by atoms with van der Waals surface area (Å²) in [5, 5.41) is 11.8. The summed E-state index contributed by atoms with van der Waals surface area (Å²) in [5.41, 5.74) is 0. The van der Waals surface area contributed by atoms with Gasteiger partial charge in [0.2, 0.25) is 0 Å². The number of nitrogens with zero attached hydrogens (tertiary/aromatic N) is 1. The molecule has 0 aliphatic carbocycles. The highest BCUT2D eigenvalue weighted by molar-refractivity contribution is 5.70. The first-order valence-corrected chi connectivity index (χ1v) is 36.4. The number of rotatable bonds is 67. The Labute approximate surface area is 537 Å². The van der Waals surface area contributed by atoms with Crippen molar-refractivity contribution in [1.29, 1.82) is 0 Å². The maximum Gasteiger partial charge on any atom is 0.306 e. The molecule has 0 amide bonds. The van der Waals surface area contributed by atoms with Crippen LogP contribution in [0.4, 0.5) is 0 Å². The van der Waals surface area contributed by atoms with Gasteiger partial charge in [-0.3, -0.25) is 9.59 Å². The first-order valence-electron chi connectivity index (χ1n) is 36.4. The lowest BCUT2D eigenvalue weighted by Crippen LogP contribution is -2.44. The fraction of sp³-hybridized carbons (Fsp3) is 0.756. The molecule has 2 unspecified atom stereocenters. The normalized spacial score (nSPS) is 13.3. The van der Waals surface area contributed by atoms with Crippen LogP contribution in [0.5, 0.6) is 0 Å². The van der Waals surface area contributed by atoms with E-state index in [0.717, 1.165) is 83.5 Å². The van der Waals surface area contributed by atoms with Crippen molar-refractivity contribution in [2.24, 2.45) is 0 Å². The highest BCUT2D eigenvalue weighted by Gasteiger charge is 2.22. The summed E-state index contributed by atoms with van der Waals surface area (Å²) in [6.07, 6.45) is 90.6. The standard InChI is InChI=1S/C78H137NO8/c1-6-8-10-12-14-16-18-20-22-24-26-28-30-32-34-35-36-37-38-39-40-41-43-45-47-49-51-53-55-57-59-61-63-65-67-69-76(81)87-74(73-86-78(77(82)83)84-71-70-79(3,4)5)72-85-75(80)68-66-64-62-60-58-56-54-52-50-48-46-44-42-33-31-29-27-25-23-21-19-17-15-13-11-9-7-2/h8,10,14,16,19-22,25-28,32,34,36-37,74,78H,6-7,9,11-13,15,17-18,23-24,29-31,33,35,38-73H2,1-5H3/b10-8-,16-14-,21-19-,22-20-,27-25-,28-26-,34-32-,37-36-. The summed E-state index contributed by atoms with van der Waals surface area (Å²) < 4.78 is 22.8. The molecule has 0 saturated heterocycles. The zero-order chi connectivity index (χ0) is 63.3. The van der Waals surface area contributed by atoms with Crippen LogP contribution in [0.25, 0.3) is 0 Å². The lowest BCUT2D eigenvalue weighted by Gasteiger charge is -2.26. The topological polar surface area (TPSA) is 111 Å². The van der Waals surface area contributed by atoms with E-state index >= 15 is 0 Å². The largest absolute Gasteiger partial charge is 0.545 e. The number of ether oxygens (including phenoxy) is 4. The summed E-state index contributed by atoms with van der Waals surface area (Å²) in [6.45, 7) is 4.66. The van der Waals surface area contributed by atoms with Crippen LogP contribution in [-0.2, 0) is 33.3 Å². The lowest BCUT2D eigenvalue weighted by atomic mass is 10.0. The highest BCUT2D eigenvalue weighted by atomic mass is 16.7. The molecule has 0 saturated carbocycles. The van der Waals surface area contributed by atoms with Gasteiger partial charge in [-0.1, -0.05) is 310 Å². The van der Waals surface area contributed by atoms with Crippen molar-refractivity contribution in [2.45, 2.75) is 334 Å². The van der Waals surface area contributed by atoms with E-state index in [-0.39, 0.29) is 32.2 Å². The van der Waals surface area contributed by atoms with E-state index in [4.69, 9.17) is 18.9 Å². The van der Waals surface area contributed by atoms with Crippen LogP contribution in [0.15, 0.2) is 97.2 Å². The van der Waals surface area contributed by atoms with Crippen molar-refractivity contribution in [1.82, 2.24) is 0 Å². The molecule has 2 atom stereocenters. The molecule has 9 nitrogen and oxygen atoms in total. The molecule has 0 heterocycles. The average molecular weight is 1220 g/mol. The van der Waals surface area contributed by atoms with Gasteiger partial charge in [0.1, 0.15) is 13.2 Å². The Kier molecular flexibility index (Phi) is 65.2. The van der Waals surface area contributed by atoms with Gasteiger partial charge in [-0.15, -0.1) is 0 Å². The van der Waals surface area contributed by atoms with Gasteiger partial charge in [-0.05, 0) is 96.3 Å². The van der Waals surface area contributed by atoms with Crippen molar-refractivity contribution >= 4 is 17.9 Å². The summed E-state index contributed by atoms with van der Waals surface area (Å²) in [6, 6.07) is 0. The van der Waals surface area contributed by atoms with Crippen LogP contribution in [0.2, 0.25) is 0 Å². The Hall–Kier alpha value is -3.79. The number of unbranched alkanes of at least 4 members (excludes halogenated alkanes) is 36. The van der Waals surface area contributed by atoms with Crippen LogP contribution in [0, 0.1) is 0 Å². The molecule has 0 aromatic heterocycles. The summed E-state index contributed by atoms with van der Waals surface area (Å²) in [5.74, 6) is -2.27. The first kappa shape index (κ1) is 83.2. The molecule has 0 spiro atoms. The third kappa shape index (κ3) is 69.5. The number of carboxylic acids is 1. The van der Waals surface area contributed by atoms with Gasteiger partial charge in [0.15, 0.2) is 12.4 Å². The van der Waals surface area contributed by atoms with E-state index in [2.05, 4.69) is 111 Å². The number of aliphatic carboxylic acids is 1. The zero-order valence-electron chi connectivity index (χ0n) is 57.4. The minimum absolute atomic E-state index is 0.146. The van der Waals surface area contributed by atoms with Gasteiger partial charge in [0, 0.05) is 12.8 Å². The van der Waals surface area contributed by atoms with Gasteiger partial charge >= 0.3 is 11.9 Å². The minimum atomic E-state index is -1.62. The molecule has 87 heavy (non-hydrogen) atoms. The average Bonchev–Trinajstić information content (AvgIpc) is 3.56. The van der Waals surface area contributed by atoms with E-state index in [1.54, 1.807) is 0 Å². The molecule has 502 valence electrons. The van der Waals surface area contributed by atoms with Crippen LogP contribution in [0.1, 0.15) is 322 Å². The van der Waals surface area contributed by atoms with E-state index in [1.165, 1.54) is 205 Å². The SMILES string of the molecule is CC/C=C\C/C=C\C/C=C\C/C=C\C/C=C\C/C=C\CCCCCCCCCCCCCCCCCCC(=O)OC(COC(=O)CCCCCCCCCCCCCCCCC/C=C\C/C=C\CCCCCCC)COC(OCC[N+](C)(C)C)C(=O)[O-]. The molecular weight excluding hydrogens is 1080 g/mol. The summed E-state index contributed by atoms with van der Waals surface area (Å²) in [7, 11) is 5.94. The minimum Gasteiger partial charge on any atom is -0.545 e. The Morgan fingerprint density at radius 3 is 0.977 bits per heavy atom. The lowest BCUT2D eigenvalue weighted by molar-refractivity contribution is -0.870. The van der Waals surface area contributed by atoms with Gasteiger partial charge < -0.3 is 33.3 Å². The number of hydrogen-bond acceptors (Lipinski definition) is 8. The number of esters is 2. The van der Waals surface area contributed by atoms with E-state index in [1.807, 2.05) is 21.1 Å². The molecule has 0 radical (unpaired) electrons. The van der Waals surface area contributed by atoms with E-state index in [9.17, 15) is 19.5 Å². The Morgan fingerprint density at radius 1 is 0.356 bits per heavy atom. The molecule has 0 aliphatic rings. The molecule has 0 fully saturated rings. The first-order chi connectivity index (χ1) is 42.6. The third-order valence-corrected chi connectivity index (χ3v) is 15.8. The van der Waals surface area contributed by atoms with Crippen molar-refractivity contribution in [3.63, 3.8) is 0 Å². The number of carboxylic acid groups (broad SMARTS) is 1.